The summed E-state index contributed by atoms with van der Waals surface area (Å²) >= 11 is 5.75. The van der Waals surface area contributed by atoms with E-state index in [0.717, 1.165) is 0 Å². The number of hydrogen-bond acceptors (Lipinski definition) is 4. The quantitative estimate of drug-likeness (QED) is 0.864. The second-order valence-corrected chi connectivity index (χ2v) is 3.98. The molecule has 0 aromatic carbocycles. The molecule has 16 heavy (non-hydrogen) atoms. The summed E-state index contributed by atoms with van der Waals surface area (Å²) in [6.45, 7) is 0. The lowest BCUT2D eigenvalue weighted by atomic mass is 10.4. The summed E-state index contributed by atoms with van der Waals surface area (Å²) in [5.74, 6) is -3.86. The van der Waals surface area contributed by atoms with E-state index < -0.39 is 28.7 Å². The molecule has 0 unspecified atom stereocenters. The number of thiazole rings is 1. The van der Waals surface area contributed by atoms with E-state index in [4.69, 9.17) is 16.7 Å². The third kappa shape index (κ3) is 2.83. The molecule has 1 amide bonds. The van der Waals surface area contributed by atoms with Crippen molar-refractivity contribution in [3.8, 4) is 0 Å². The van der Waals surface area contributed by atoms with Crippen LogP contribution in [0.4, 0.5) is 18.2 Å². The first kappa shape index (κ1) is 12.7. The summed E-state index contributed by atoms with van der Waals surface area (Å²) in [7, 11) is 0. The van der Waals surface area contributed by atoms with Gasteiger partial charge in [-0.1, -0.05) is 22.9 Å². The zero-order valence-electron chi connectivity index (χ0n) is 7.13. The van der Waals surface area contributed by atoms with Crippen LogP contribution in [0, 0.1) is 0 Å². The molecule has 1 aromatic rings. The molecule has 0 atom stereocenters. The highest BCUT2D eigenvalue weighted by molar-refractivity contribution is 7.20. The van der Waals surface area contributed by atoms with Gasteiger partial charge in [-0.25, -0.2) is 9.78 Å². The van der Waals surface area contributed by atoms with Crippen molar-refractivity contribution in [2.24, 2.45) is 0 Å². The number of nitrogens with one attached hydrogen (secondary N) is 1. The zero-order chi connectivity index (χ0) is 12.5. The van der Waals surface area contributed by atoms with E-state index in [1.54, 1.807) is 0 Å². The fourth-order valence-corrected chi connectivity index (χ4v) is 1.69. The molecule has 2 N–H and O–H groups in total. The predicted molar refractivity (Wildman–Crippen MR) is 48.8 cm³/mol. The topological polar surface area (TPSA) is 79.3 Å². The van der Waals surface area contributed by atoms with Crippen molar-refractivity contribution in [2.45, 2.75) is 6.18 Å². The van der Waals surface area contributed by atoms with Crippen LogP contribution >= 0.6 is 22.9 Å². The van der Waals surface area contributed by atoms with Gasteiger partial charge in [-0.15, -0.1) is 0 Å². The molecule has 10 heteroatoms. The number of hydrogen-bond donors (Lipinski definition) is 2. The molecule has 0 spiro atoms. The monoisotopic (exact) mass is 274 g/mol. The molecule has 0 saturated carbocycles. The van der Waals surface area contributed by atoms with Gasteiger partial charge in [0.1, 0.15) is 5.00 Å². The molecule has 1 aromatic heterocycles. The zero-order valence-corrected chi connectivity index (χ0v) is 8.70. The van der Waals surface area contributed by atoms with Crippen LogP contribution in [0.2, 0.25) is 4.47 Å². The lowest BCUT2D eigenvalue weighted by Gasteiger charge is -2.05. The molecule has 0 bridgehead atoms. The molecule has 0 radical (unpaired) electrons. The van der Waals surface area contributed by atoms with Crippen LogP contribution < -0.4 is 5.32 Å². The molecule has 0 aliphatic rings. The average Bonchev–Trinajstić information content (AvgIpc) is 2.45. The Hall–Kier alpha value is -1.35. The number of aromatic carboxylic acids is 1. The molecule has 1 heterocycles. The van der Waals surface area contributed by atoms with Gasteiger partial charge < -0.3 is 10.4 Å². The summed E-state index contributed by atoms with van der Waals surface area (Å²) in [4.78, 5) is 24.3. The molecular weight excluding hydrogens is 273 g/mol. The third-order valence-electron chi connectivity index (χ3n) is 1.29. The number of amides is 1. The minimum absolute atomic E-state index is 0.283. The number of aromatic nitrogens is 1. The highest BCUT2D eigenvalue weighted by atomic mass is 35.5. The van der Waals surface area contributed by atoms with Gasteiger partial charge in [0.15, 0.2) is 10.2 Å². The molecule has 5 nitrogen and oxygen atoms in total. The fourth-order valence-electron chi connectivity index (χ4n) is 0.698. The van der Waals surface area contributed by atoms with Crippen LogP contribution in [0.3, 0.4) is 0 Å². The fraction of sp³-hybridized carbons (Fsp3) is 0.167. The molecule has 1 rings (SSSR count). The summed E-state index contributed by atoms with van der Waals surface area (Å²) < 4.78 is 35.3. The smallest absolute Gasteiger partial charge is 0.471 e. The summed E-state index contributed by atoms with van der Waals surface area (Å²) in [5, 5.41) is 9.37. The van der Waals surface area contributed by atoms with Gasteiger partial charge in [0.2, 0.25) is 0 Å². The van der Waals surface area contributed by atoms with Crippen LogP contribution in [-0.2, 0) is 4.79 Å². The summed E-state index contributed by atoms with van der Waals surface area (Å²) in [5.41, 5.74) is -0.729. The number of alkyl halides is 3. The second-order valence-electron chi connectivity index (χ2n) is 2.40. The Labute approximate surface area is 94.9 Å². The Balaban J connectivity index is 2.98. The van der Waals surface area contributed by atoms with E-state index >= 15 is 0 Å². The van der Waals surface area contributed by atoms with E-state index in [1.165, 1.54) is 5.32 Å². The van der Waals surface area contributed by atoms with E-state index in [9.17, 15) is 22.8 Å². The lowest BCUT2D eigenvalue weighted by Crippen LogP contribution is -2.30. The molecule has 0 saturated heterocycles. The van der Waals surface area contributed by atoms with Gasteiger partial charge in [-0.3, -0.25) is 4.79 Å². The Morgan fingerprint density at radius 1 is 1.44 bits per heavy atom. The number of carboxylic acid groups (broad SMARTS) is 1. The largest absolute Gasteiger partial charge is 0.476 e. The Morgan fingerprint density at radius 2 is 2.00 bits per heavy atom. The van der Waals surface area contributed by atoms with Crippen LogP contribution in [0.25, 0.3) is 0 Å². The van der Waals surface area contributed by atoms with Crippen molar-refractivity contribution in [3.63, 3.8) is 0 Å². The SMILES string of the molecule is O=C(O)c1nc(Cl)sc1NC(=O)C(F)(F)F. The van der Waals surface area contributed by atoms with Crippen molar-refractivity contribution in [1.29, 1.82) is 0 Å². The predicted octanol–water partition coefficient (Wildman–Crippen LogP) is 2.00. The van der Waals surface area contributed by atoms with Crippen LogP contribution in [0.5, 0.6) is 0 Å². The maximum atomic E-state index is 11.9. The highest BCUT2D eigenvalue weighted by Crippen LogP contribution is 2.29. The van der Waals surface area contributed by atoms with Crippen molar-refractivity contribution in [2.75, 3.05) is 5.32 Å². The second kappa shape index (κ2) is 4.26. The van der Waals surface area contributed by atoms with Gasteiger partial charge in [-0.05, 0) is 0 Å². The van der Waals surface area contributed by atoms with Crippen LogP contribution in [-0.4, -0.2) is 28.1 Å². The van der Waals surface area contributed by atoms with Gasteiger partial charge >= 0.3 is 18.1 Å². The Morgan fingerprint density at radius 3 is 2.44 bits per heavy atom. The number of anilines is 1. The van der Waals surface area contributed by atoms with Gasteiger partial charge in [0.05, 0.1) is 0 Å². The molecule has 88 valence electrons. The van der Waals surface area contributed by atoms with Gasteiger partial charge in [0.25, 0.3) is 0 Å². The number of rotatable bonds is 2. The van der Waals surface area contributed by atoms with E-state index in [-0.39, 0.29) is 4.47 Å². The van der Waals surface area contributed by atoms with Crippen molar-refractivity contribution in [3.05, 3.63) is 10.2 Å². The van der Waals surface area contributed by atoms with Crippen molar-refractivity contribution < 1.29 is 27.9 Å². The highest BCUT2D eigenvalue weighted by Gasteiger charge is 2.39. The first-order chi connectivity index (χ1) is 7.21. The van der Waals surface area contributed by atoms with E-state index in [2.05, 4.69) is 4.98 Å². The van der Waals surface area contributed by atoms with Gasteiger partial charge in [0, 0.05) is 0 Å². The van der Waals surface area contributed by atoms with E-state index in [1.807, 2.05) is 0 Å². The molecular formula is C6H2ClF3N2O3S. The number of halogens is 4. The number of nitrogens with zero attached hydrogens (tertiary/aromatic N) is 1. The molecule has 0 aliphatic carbocycles. The maximum Gasteiger partial charge on any atom is 0.471 e. The normalized spacial score (nSPS) is 11.2. The lowest BCUT2D eigenvalue weighted by molar-refractivity contribution is -0.167. The Bertz CT molecular complexity index is 445. The first-order valence-corrected chi connectivity index (χ1v) is 4.69. The number of carbonyl (C=O) groups excluding carboxylic acids is 1. The summed E-state index contributed by atoms with van der Waals surface area (Å²) in [6, 6.07) is 0. The molecule has 0 aliphatic heterocycles. The maximum absolute atomic E-state index is 11.9. The third-order valence-corrected chi connectivity index (χ3v) is 2.36. The summed E-state index contributed by atoms with van der Waals surface area (Å²) in [6.07, 6.45) is -5.10. The minimum atomic E-state index is -5.10. The van der Waals surface area contributed by atoms with Gasteiger partial charge in [-0.2, -0.15) is 13.2 Å². The minimum Gasteiger partial charge on any atom is -0.476 e. The first-order valence-electron chi connectivity index (χ1n) is 3.49. The van der Waals surface area contributed by atoms with Crippen LogP contribution in [0.15, 0.2) is 0 Å². The Kier molecular flexibility index (Phi) is 3.38. The molecule has 0 fully saturated rings. The standard InChI is InChI=1S/C6H2ClF3N2O3S/c7-5-11-1(3(13)14)2(16-5)12-4(15)6(8,9)10/h(H,12,15)(H,13,14). The number of carboxylic acids is 1. The van der Waals surface area contributed by atoms with E-state index in [0.29, 0.717) is 11.3 Å². The number of carbonyl (C=O) groups is 2. The average molecular weight is 275 g/mol. The van der Waals surface area contributed by atoms with Crippen molar-refractivity contribution in [1.82, 2.24) is 4.98 Å². The van der Waals surface area contributed by atoms with Crippen LogP contribution in [0.1, 0.15) is 10.5 Å². The van der Waals surface area contributed by atoms with Crippen molar-refractivity contribution >= 4 is 39.8 Å².